The highest BCUT2D eigenvalue weighted by molar-refractivity contribution is 5.47. The van der Waals surface area contributed by atoms with Gasteiger partial charge in [-0.2, -0.15) is 0 Å². The molecule has 0 spiro atoms. The molecule has 2 nitrogen and oxygen atoms in total. The number of hydrogen-bond donors (Lipinski definition) is 1. The van der Waals surface area contributed by atoms with Gasteiger partial charge in [0.05, 0.1) is 0 Å². The second kappa shape index (κ2) is 5.45. The average molecular weight is 268 g/mol. The van der Waals surface area contributed by atoms with E-state index in [1.54, 1.807) is 0 Å². The van der Waals surface area contributed by atoms with E-state index in [9.17, 15) is 8.78 Å². The molecule has 0 radical (unpaired) electrons. The quantitative estimate of drug-likeness (QED) is 0.905. The van der Waals surface area contributed by atoms with Crippen molar-refractivity contribution in [1.29, 1.82) is 0 Å². The van der Waals surface area contributed by atoms with Crippen molar-refractivity contribution in [2.45, 2.75) is 32.7 Å². The lowest BCUT2D eigenvalue weighted by Crippen LogP contribution is -2.39. The minimum atomic E-state index is -0.508. The van der Waals surface area contributed by atoms with Crippen molar-refractivity contribution in [3.05, 3.63) is 29.8 Å². The maximum absolute atomic E-state index is 13.2. The molecule has 1 aliphatic heterocycles. The first kappa shape index (κ1) is 14.3. The Morgan fingerprint density at radius 1 is 1.21 bits per heavy atom. The monoisotopic (exact) mass is 268 g/mol. The van der Waals surface area contributed by atoms with Gasteiger partial charge in [0, 0.05) is 36.9 Å². The number of nitrogens with zero attached hydrogens (tertiary/aromatic N) is 1. The van der Waals surface area contributed by atoms with Crippen molar-refractivity contribution in [2.24, 2.45) is 5.92 Å². The van der Waals surface area contributed by atoms with Crippen LogP contribution in [0.1, 0.15) is 27.2 Å². The lowest BCUT2D eigenvalue weighted by atomic mass is 10.1. The molecule has 0 aliphatic carbocycles. The van der Waals surface area contributed by atoms with Gasteiger partial charge in [-0.1, -0.05) is 0 Å². The predicted molar refractivity (Wildman–Crippen MR) is 74.4 cm³/mol. The summed E-state index contributed by atoms with van der Waals surface area (Å²) in [5.41, 5.74) is 0.758. The first-order chi connectivity index (χ1) is 8.83. The number of nitrogens with one attached hydrogen (secondary N) is 1. The summed E-state index contributed by atoms with van der Waals surface area (Å²) in [7, 11) is 0. The summed E-state index contributed by atoms with van der Waals surface area (Å²) < 4.78 is 26.4. The number of halogens is 2. The van der Waals surface area contributed by atoms with E-state index < -0.39 is 11.6 Å². The van der Waals surface area contributed by atoms with Gasteiger partial charge in [0.2, 0.25) is 0 Å². The molecule has 1 aromatic rings. The van der Waals surface area contributed by atoms with Gasteiger partial charge in [-0.05, 0) is 45.2 Å². The second-order valence-corrected chi connectivity index (χ2v) is 6.36. The number of anilines is 1. The summed E-state index contributed by atoms with van der Waals surface area (Å²) in [6.07, 6.45) is 1.06. The molecule has 1 fully saturated rings. The lowest BCUT2D eigenvalue weighted by Gasteiger charge is -2.24. The molecule has 1 aliphatic rings. The van der Waals surface area contributed by atoms with Crippen LogP contribution in [0, 0.1) is 17.6 Å². The van der Waals surface area contributed by atoms with Crippen LogP contribution in [0.25, 0.3) is 0 Å². The smallest absolute Gasteiger partial charge is 0.128 e. The minimum Gasteiger partial charge on any atom is -0.371 e. The average Bonchev–Trinajstić information content (AvgIpc) is 2.72. The first-order valence-electron chi connectivity index (χ1n) is 6.79. The standard InChI is InChI=1S/C15H22F2N2/c1-15(2,3)18-9-11-4-5-19(10-11)14-7-12(16)6-13(17)8-14/h6-8,11,18H,4-5,9-10H2,1-3H3. The summed E-state index contributed by atoms with van der Waals surface area (Å²) in [5.74, 6) is -0.483. The van der Waals surface area contributed by atoms with Gasteiger partial charge in [-0.3, -0.25) is 0 Å². The minimum absolute atomic E-state index is 0.110. The lowest BCUT2D eigenvalue weighted by molar-refractivity contribution is 0.383. The largest absolute Gasteiger partial charge is 0.371 e. The van der Waals surface area contributed by atoms with E-state index in [1.165, 1.54) is 12.1 Å². The molecule has 1 N–H and O–H groups in total. The molecule has 0 bridgehead atoms. The fourth-order valence-corrected chi connectivity index (χ4v) is 2.41. The van der Waals surface area contributed by atoms with Gasteiger partial charge >= 0.3 is 0 Å². The van der Waals surface area contributed by atoms with Crippen LogP contribution < -0.4 is 10.2 Å². The summed E-state index contributed by atoms with van der Waals surface area (Å²) in [6, 6.07) is 3.73. The number of rotatable bonds is 3. The zero-order valence-electron chi connectivity index (χ0n) is 11.8. The Kier molecular flexibility index (Phi) is 4.09. The Morgan fingerprint density at radius 2 is 1.84 bits per heavy atom. The molecule has 1 atom stereocenters. The summed E-state index contributed by atoms with van der Waals surface area (Å²) in [6.45, 7) is 9.08. The van der Waals surface area contributed by atoms with Crippen LogP contribution in [0.4, 0.5) is 14.5 Å². The first-order valence-corrected chi connectivity index (χ1v) is 6.79. The maximum Gasteiger partial charge on any atom is 0.128 e. The Morgan fingerprint density at radius 3 is 2.42 bits per heavy atom. The van der Waals surface area contributed by atoms with Gasteiger partial charge < -0.3 is 10.2 Å². The molecule has 0 aromatic heterocycles. The van der Waals surface area contributed by atoms with Crippen molar-refractivity contribution in [3.63, 3.8) is 0 Å². The highest BCUT2D eigenvalue weighted by Gasteiger charge is 2.24. The molecule has 1 aromatic carbocycles. The highest BCUT2D eigenvalue weighted by Crippen LogP contribution is 2.25. The van der Waals surface area contributed by atoms with Gasteiger partial charge in [0.25, 0.3) is 0 Å². The van der Waals surface area contributed by atoms with E-state index in [0.717, 1.165) is 32.1 Å². The number of benzene rings is 1. The molecule has 2 rings (SSSR count). The molecule has 19 heavy (non-hydrogen) atoms. The van der Waals surface area contributed by atoms with E-state index in [1.807, 2.05) is 0 Å². The molecular formula is C15H22F2N2. The van der Waals surface area contributed by atoms with Gasteiger partial charge in [0.1, 0.15) is 11.6 Å². The van der Waals surface area contributed by atoms with Crippen molar-refractivity contribution in [2.75, 3.05) is 24.5 Å². The van der Waals surface area contributed by atoms with E-state index in [4.69, 9.17) is 0 Å². The van der Waals surface area contributed by atoms with Crippen molar-refractivity contribution in [1.82, 2.24) is 5.32 Å². The van der Waals surface area contributed by atoms with Crippen LogP contribution in [0.5, 0.6) is 0 Å². The molecule has 0 saturated carbocycles. The third-order valence-corrected chi connectivity index (χ3v) is 3.42. The van der Waals surface area contributed by atoms with Gasteiger partial charge in [0.15, 0.2) is 0 Å². The van der Waals surface area contributed by atoms with E-state index >= 15 is 0 Å². The molecule has 1 heterocycles. The van der Waals surface area contributed by atoms with Crippen LogP contribution >= 0.6 is 0 Å². The Hall–Kier alpha value is -1.16. The van der Waals surface area contributed by atoms with Crippen LogP contribution in [0.15, 0.2) is 18.2 Å². The third-order valence-electron chi connectivity index (χ3n) is 3.42. The van der Waals surface area contributed by atoms with Crippen LogP contribution in [0.2, 0.25) is 0 Å². The molecule has 1 unspecified atom stereocenters. The predicted octanol–water partition coefficient (Wildman–Crippen LogP) is 3.18. The molecule has 1 saturated heterocycles. The van der Waals surface area contributed by atoms with Crippen LogP contribution in [-0.2, 0) is 0 Å². The fourth-order valence-electron chi connectivity index (χ4n) is 2.41. The Bertz CT molecular complexity index is 420. The topological polar surface area (TPSA) is 15.3 Å². The maximum atomic E-state index is 13.2. The van der Waals surface area contributed by atoms with E-state index in [-0.39, 0.29) is 5.54 Å². The zero-order chi connectivity index (χ0) is 14.0. The van der Waals surface area contributed by atoms with Crippen molar-refractivity contribution < 1.29 is 8.78 Å². The van der Waals surface area contributed by atoms with Crippen LogP contribution in [-0.4, -0.2) is 25.2 Å². The summed E-state index contributed by atoms with van der Waals surface area (Å²) in [4.78, 5) is 2.06. The van der Waals surface area contributed by atoms with Crippen molar-refractivity contribution in [3.8, 4) is 0 Å². The molecular weight excluding hydrogens is 246 g/mol. The number of hydrogen-bond acceptors (Lipinski definition) is 2. The fraction of sp³-hybridized carbons (Fsp3) is 0.600. The molecule has 4 heteroatoms. The Labute approximate surface area is 113 Å². The Balaban J connectivity index is 1.94. The summed E-state index contributed by atoms with van der Waals surface area (Å²) in [5, 5.41) is 3.48. The summed E-state index contributed by atoms with van der Waals surface area (Å²) >= 11 is 0. The van der Waals surface area contributed by atoms with Crippen molar-refractivity contribution >= 4 is 5.69 Å². The molecule has 0 amide bonds. The highest BCUT2D eigenvalue weighted by atomic mass is 19.1. The van der Waals surface area contributed by atoms with E-state index in [2.05, 4.69) is 31.0 Å². The third kappa shape index (κ3) is 4.16. The molecule has 106 valence electrons. The van der Waals surface area contributed by atoms with E-state index in [0.29, 0.717) is 11.6 Å². The van der Waals surface area contributed by atoms with Gasteiger partial charge in [-0.25, -0.2) is 8.78 Å². The van der Waals surface area contributed by atoms with Gasteiger partial charge in [-0.15, -0.1) is 0 Å². The zero-order valence-corrected chi connectivity index (χ0v) is 11.8. The second-order valence-electron chi connectivity index (χ2n) is 6.36. The SMILES string of the molecule is CC(C)(C)NCC1CCN(c2cc(F)cc(F)c2)C1. The normalized spacial score (nSPS) is 20.1. The van der Waals surface area contributed by atoms with Crippen LogP contribution in [0.3, 0.4) is 0 Å².